The summed E-state index contributed by atoms with van der Waals surface area (Å²) >= 11 is 1.40. The number of carbonyl (C=O) groups is 2. The maximum absolute atomic E-state index is 12.8. The topological polar surface area (TPSA) is 95.3 Å². The summed E-state index contributed by atoms with van der Waals surface area (Å²) in [4.78, 5) is 32.2. The van der Waals surface area contributed by atoms with E-state index in [1.807, 2.05) is 41.3 Å². The van der Waals surface area contributed by atoms with Gasteiger partial charge in [0.05, 0.1) is 19.2 Å². The lowest BCUT2D eigenvalue weighted by Gasteiger charge is -2.27. The van der Waals surface area contributed by atoms with E-state index < -0.39 is 0 Å². The Kier molecular flexibility index (Phi) is 7.55. The fourth-order valence-electron chi connectivity index (χ4n) is 4.13. The van der Waals surface area contributed by atoms with E-state index in [1.165, 1.54) is 11.3 Å². The van der Waals surface area contributed by atoms with E-state index in [9.17, 15) is 14.9 Å². The molecule has 1 aliphatic rings. The van der Waals surface area contributed by atoms with E-state index in [2.05, 4.69) is 16.4 Å². The highest BCUT2D eigenvalue weighted by molar-refractivity contribution is 7.16. The highest BCUT2D eigenvalue weighted by atomic mass is 32.1. The summed E-state index contributed by atoms with van der Waals surface area (Å²) in [7, 11) is 1.61. The Bertz CT molecular complexity index is 1220. The van der Waals surface area contributed by atoms with E-state index in [0.29, 0.717) is 49.3 Å². The van der Waals surface area contributed by atoms with Gasteiger partial charge in [-0.05, 0) is 54.2 Å². The number of rotatable bonds is 8. The number of pyridine rings is 1. The second-order valence-corrected chi connectivity index (χ2v) is 9.21. The van der Waals surface area contributed by atoms with E-state index >= 15 is 0 Å². The zero-order valence-electron chi connectivity index (χ0n) is 19.0. The Balaban J connectivity index is 1.37. The predicted molar refractivity (Wildman–Crippen MR) is 131 cm³/mol. The van der Waals surface area contributed by atoms with Gasteiger partial charge in [-0.1, -0.05) is 18.2 Å². The third-order valence-electron chi connectivity index (χ3n) is 5.97. The minimum atomic E-state index is -0.147. The van der Waals surface area contributed by atoms with Crippen molar-refractivity contribution < 1.29 is 14.3 Å². The monoisotopic (exact) mass is 474 g/mol. The fourth-order valence-corrected chi connectivity index (χ4v) is 5.36. The number of nitriles is 1. The Labute approximate surface area is 203 Å². The molecule has 0 spiro atoms. The van der Waals surface area contributed by atoms with Gasteiger partial charge in [0.25, 0.3) is 0 Å². The van der Waals surface area contributed by atoms with Crippen LogP contribution in [0, 0.1) is 11.3 Å². The van der Waals surface area contributed by atoms with Crippen LogP contribution in [0.15, 0.2) is 48.8 Å². The van der Waals surface area contributed by atoms with Gasteiger partial charge in [-0.15, -0.1) is 11.3 Å². The number of nitrogens with one attached hydrogen (secondary N) is 1. The van der Waals surface area contributed by atoms with Gasteiger partial charge in [0.1, 0.15) is 16.8 Å². The van der Waals surface area contributed by atoms with Gasteiger partial charge in [0, 0.05) is 36.7 Å². The molecule has 34 heavy (non-hydrogen) atoms. The molecule has 1 N–H and O–H groups in total. The molecule has 1 aromatic carbocycles. The van der Waals surface area contributed by atoms with Crippen molar-refractivity contribution in [2.75, 3.05) is 19.0 Å². The number of carbonyl (C=O) groups excluding carboxylic acids is 2. The van der Waals surface area contributed by atoms with Crippen molar-refractivity contribution in [2.45, 2.75) is 38.6 Å². The van der Waals surface area contributed by atoms with Gasteiger partial charge in [-0.2, -0.15) is 5.26 Å². The molecule has 2 amide bonds. The van der Waals surface area contributed by atoms with Gasteiger partial charge in [0.2, 0.25) is 11.8 Å². The van der Waals surface area contributed by atoms with Gasteiger partial charge < -0.3 is 15.0 Å². The van der Waals surface area contributed by atoms with Crippen molar-refractivity contribution in [3.05, 3.63) is 75.9 Å². The minimum Gasteiger partial charge on any atom is -0.496 e. The molecule has 1 aliphatic heterocycles. The molecule has 0 fully saturated rings. The lowest BCUT2D eigenvalue weighted by Crippen LogP contribution is -2.35. The summed E-state index contributed by atoms with van der Waals surface area (Å²) in [5, 5.41) is 13.2. The number of para-hydroxylation sites is 1. The van der Waals surface area contributed by atoms with Gasteiger partial charge in [0.15, 0.2) is 0 Å². The molecule has 2 aromatic heterocycles. The fraction of sp³-hybridized carbons (Fsp3) is 0.308. The number of aromatic nitrogens is 1. The summed E-state index contributed by atoms with van der Waals surface area (Å²) in [6.07, 6.45) is 6.01. The zero-order chi connectivity index (χ0) is 23.9. The van der Waals surface area contributed by atoms with Crippen molar-refractivity contribution in [1.82, 2.24) is 9.88 Å². The van der Waals surface area contributed by atoms with E-state index in [1.54, 1.807) is 19.5 Å². The van der Waals surface area contributed by atoms with Gasteiger partial charge >= 0.3 is 0 Å². The Hall–Kier alpha value is -3.70. The summed E-state index contributed by atoms with van der Waals surface area (Å²) in [5.41, 5.74) is 3.52. The molecule has 0 saturated heterocycles. The number of anilines is 1. The van der Waals surface area contributed by atoms with Crippen LogP contribution >= 0.6 is 11.3 Å². The van der Waals surface area contributed by atoms with E-state index in [0.717, 1.165) is 27.3 Å². The Morgan fingerprint density at radius 3 is 2.74 bits per heavy atom. The number of amides is 2. The number of hydrogen-bond donors (Lipinski definition) is 1. The molecular formula is C26H26N4O3S. The molecule has 0 unspecified atom stereocenters. The van der Waals surface area contributed by atoms with E-state index in [4.69, 9.17) is 4.74 Å². The highest BCUT2D eigenvalue weighted by Gasteiger charge is 2.27. The molecule has 4 rings (SSSR count). The molecule has 3 heterocycles. The van der Waals surface area contributed by atoms with Gasteiger partial charge in [-0.25, -0.2) is 0 Å². The SMILES string of the molecule is COc1ccccc1CCC(=O)Nc1sc2c(c1C#N)CCN(C(=O)CCc1ccncc1)C2. The molecule has 3 aromatic rings. The van der Waals surface area contributed by atoms with E-state index in [-0.39, 0.29) is 18.2 Å². The van der Waals surface area contributed by atoms with Crippen molar-refractivity contribution in [3.63, 3.8) is 0 Å². The molecule has 0 radical (unpaired) electrons. The molecule has 0 atom stereocenters. The average molecular weight is 475 g/mol. The molecule has 0 saturated carbocycles. The number of thiophene rings is 1. The van der Waals surface area contributed by atoms with Crippen molar-refractivity contribution in [2.24, 2.45) is 0 Å². The number of nitrogens with zero attached hydrogens (tertiary/aromatic N) is 3. The summed E-state index contributed by atoms with van der Waals surface area (Å²) in [5.74, 6) is 0.705. The Morgan fingerprint density at radius 1 is 1.18 bits per heavy atom. The third-order valence-corrected chi connectivity index (χ3v) is 7.10. The summed E-state index contributed by atoms with van der Waals surface area (Å²) in [6.45, 7) is 1.05. The molecule has 8 heteroatoms. The number of hydrogen-bond acceptors (Lipinski definition) is 6. The van der Waals surface area contributed by atoms with Crippen LogP contribution in [0.3, 0.4) is 0 Å². The molecule has 174 valence electrons. The highest BCUT2D eigenvalue weighted by Crippen LogP contribution is 2.37. The van der Waals surface area contributed by atoms with Crippen LogP contribution in [0.2, 0.25) is 0 Å². The standard InChI is InChI=1S/C26H26N4O3S/c1-33-22-5-3-2-4-19(22)7-8-24(31)29-26-21(16-27)20-12-15-30(17-23(20)34-26)25(32)9-6-18-10-13-28-14-11-18/h2-5,10-11,13-14H,6-9,12,15,17H2,1H3,(H,29,31). The zero-order valence-corrected chi connectivity index (χ0v) is 19.9. The van der Waals surface area contributed by atoms with Crippen LogP contribution in [0.1, 0.15) is 40.0 Å². The third kappa shape index (κ3) is 5.43. The Morgan fingerprint density at radius 2 is 1.97 bits per heavy atom. The molecule has 0 bridgehead atoms. The van der Waals surface area contributed by atoms with Crippen LogP contribution in [-0.4, -0.2) is 35.4 Å². The average Bonchev–Trinajstić information content (AvgIpc) is 3.22. The first kappa shape index (κ1) is 23.5. The normalized spacial score (nSPS) is 12.5. The number of fused-ring (bicyclic) bond motifs is 1. The second-order valence-electron chi connectivity index (χ2n) is 8.10. The first-order valence-electron chi connectivity index (χ1n) is 11.2. The minimum absolute atomic E-state index is 0.0942. The maximum Gasteiger partial charge on any atom is 0.225 e. The van der Waals surface area contributed by atoms with Crippen molar-refractivity contribution >= 4 is 28.2 Å². The van der Waals surface area contributed by atoms with Crippen LogP contribution in [0.25, 0.3) is 0 Å². The van der Waals surface area contributed by atoms with Crippen LogP contribution in [0.5, 0.6) is 5.75 Å². The number of benzene rings is 1. The van der Waals surface area contributed by atoms with Crippen molar-refractivity contribution in [3.8, 4) is 11.8 Å². The number of aryl methyl sites for hydroxylation is 2. The first-order valence-corrected chi connectivity index (χ1v) is 12.0. The second kappa shape index (κ2) is 10.9. The number of methoxy groups -OCH3 is 1. The quantitative estimate of drug-likeness (QED) is 0.530. The smallest absolute Gasteiger partial charge is 0.225 e. The predicted octanol–water partition coefficient (Wildman–Crippen LogP) is 4.11. The largest absolute Gasteiger partial charge is 0.496 e. The molecule has 0 aliphatic carbocycles. The van der Waals surface area contributed by atoms with Crippen molar-refractivity contribution in [1.29, 1.82) is 5.26 Å². The lowest BCUT2D eigenvalue weighted by atomic mass is 10.0. The first-order chi connectivity index (χ1) is 16.6. The lowest BCUT2D eigenvalue weighted by molar-refractivity contribution is -0.132. The summed E-state index contributed by atoms with van der Waals surface area (Å²) < 4.78 is 5.35. The maximum atomic E-state index is 12.8. The molecular weight excluding hydrogens is 448 g/mol. The summed E-state index contributed by atoms with van der Waals surface area (Å²) in [6, 6.07) is 13.7. The van der Waals surface area contributed by atoms with Crippen LogP contribution < -0.4 is 10.1 Å². The van der Waals surface area contributed by atoms with Crippen LogP contribution in [0.4, 0.5) is 5.00 Å². The van der Waals surface area contributed by atoms with Gasteiger partial charge in [-0.3, -0.25) is 14.6 Å². The molecule has 7 nitrogen and oxygen atoms in total. The number of ether oxygens (including phenoxy) is 1. The van der Waals surface area contributed by atoms with Crippen LogP contribution in [-0.2, 0) is 35.4 Å².